The number of H-pyrrole nitrogens is 1. The molecule has 174 valence electrons. The summed E-state index contributed by atoms with van der Waals surface area (Å²) >= 11 is 0. The van der Waals surface area contributed by atoms with E-state index in [1.54, 1.807) is 19.1 Å². The van der Waals surface area contributed by atoms with Crippen LogP contribution in [0.15, 0.2) is 66.7 Å². The van der Waals surface area contributed by atoms with Gasteiger partial charge in [-0.1, -0.05) is 36.4 Å². The van der Waals surface area contributed by atoms with Crippen molar-refractivity contribution in [1.82, 2.24) is 4.98 Å². The van der Waals surface area contributed by atoms with Gasteiger partial charge in [0, 0.05) is 22.2 Å². The molecule has 0 aliphatic carbocycles. The predicted octanol–water partition coefficient (Wildman–Crippen LogP) is 5.01. The van der Waals surface area contributed by atoms with Crippen LogP contribution in [0.1, 0.15) is 59.6 Å². The van der Waals surface area contributed by atoms with Crippen LogP contribution in [0.4, 0.5) is 5.69 Å². The highest BCUT2D eigenvalue weighted by Crippen LogP contribution is 2.31. The number of ether oxygens (including phenoxy) is 1. The molecule has 0 bridgehead atoms. The third-order valence-electron chi connectivity index (χ3n) is 6.27. The summed E-state index contributed by atoms with van der Waals surface area (Å²) in [7, 11) is 0. The van der Waals surface area contributed by atoms with E-state index in [4.69, 9.17) is 4.74 Å². The zero-order valence-corrected chi connectivity index (χ0v) is 19.4. The topological polar surface area (TPSA) is 96.5 Å². The van der Waals surface area contributed by atoms with Gasteiger partial charge in [-0.3, -0.25) is 14.4 Å². The van der Waals surface area contributed by atoms with Crippen LogP contribution in [0.2, 0.25) is 0 Å². The Morgan fingerprint density at radius 1 is 0.886 bits per heavy atom. The van der Waals surface area contributed by atoms with E-state index in [9.17, 15) is 19.2 Å². The lowest BCUT2D eigenvalue weighted by molar-refractivity contribution is 0.0319. The number of ketones is 1. The van der Waals surface area contributed by atoms with E-state index in [0.29, 0.717) is 16.9 Å². The molecule has 1 N–H and O–H groups in total. The van der Waals surface area contributed by atoms with Crippen LogP contribution in [-0.2, 0) is 4.74 Å². The van der Waals surface area contributed by atoms with Gasteiger partial charge < -0.3 is 9.72 Å². The Kier molecular flexibility index (Phi) is 5.32. The maximum absolute atomic E-state index is 13.1. The fourth-order valence-corrected chi connectivity index (χ4v) is 4.48. The third-order valence-corrected chi connectivity index (χ3v) is 6.27. The fraction of sp³-hybridized carbons (Fsp3) is 0.143. The van der Waals surface area contributed by atoms with Gasteiger partial charge in [-0.15, -0.1) is 0 Å². The Hall–Kier alpha value is -4.52. The molecule has 7 nitrogen and oxygen atoms in total. The maximum atomic E-state index is 13.1. The molecule has 0 saturated heterocycles. The summed E-state index contributed by atoms with van der Waals surface area (Å²) in [5.74, 6) is -2.03. The van der Waals surface area contributed by atoms with Crippen molar-refractivity contribution in [2.45, 2.75) is 26.9 Å². The van der Waals surface area contributed by atoms with E-state index < -0.39 is 23.9 Å². The van der Waals surface area contributed by atoms with Crippen LogP contribution in [0, 0.1) is 13.8 Å². The third kappa shape index (κ3) is 3.61. The SMILES string of the molecule is Cc1ccccc1N1C(=O)c2ccc(C(=O)OC(C)C(=O)c3c(C)[nH]c4ccccc34)cc2C1=O. The summed E-state index contributed by atoms with van der Waals surface area (Å²) in [5.41, 5.74) is 3.70. The van der Waals surface area contributed by atoms with Gasteiger partial charge in [0.2, 0.25) is 5.78 Å². The molecule has 1 aromatic heterocycles. The lowest BCUT2D eigenvalue weighted by atomic mass is 10.0. The van der Waals surface area contributed by atoms with Gasteiger partial charge in [-0.2, -0.15) is 0 Å². The van der Waals surface area contributed by atoms with E-state index >= 15 is 0 Å². The zero-order valence-electron chi connectivity index (χ0n) is 19.4. The van der Waals surface area contributed by atoms with E-state index in [0.717, 1.165) is 21.4 Å². The van der Waals surface area contributed by atoms with Crippen LogP contribution in [-0.4, -0.2) is 34.7 Å². The normalized spacial score (nSPS) is 13.7. The van der Waals surface area contributed by atoms with Crippen LogP contribution in [0.3, 0.4) is 0 Å². The van der Waals surface area contributed by atoms with Crippen LogP contribution >= 0.6 is 0 Å². The number of esters is 1. The zero-order chi connectivity index (χ0) is 24.9. The smallest absolute Gasteiger partial charge is 0.338 e. The lowest BCUT2D eigenvalue weighted by Gasteiger charge is -2.16. The van der Waals surface area contributed by atoms with Crippen molar-refractivity contribution in [2.24, 2.45) is 0 Å². The van der Waals surface area contributed by atoms with Gasteiger partial charge in [0.15, 0.2) is 6.10 Å². The van der Waals surface area contributed by atoms with Crippen molar-refractivity contribution in [3.63, 3.8) is 0 Å². The molecule has 2 amide bonds. The van der Waals surface area contributed by atoms with Gasteiger partial charge in [0.1, 0.15) is 0 Å². The number of carbonyl (C=O) groups excluding carboxylic acids is 4. The molecule has 4 aromatic rings. The highest BCUT2D eigenvalue weighted by molar-refractivity contribution is 6.35. The number of benzene rings is 3. The molecule has 5 rings (SSSR count). The second-order valence-corrected chi connectivity index (χ2v) is 8.57. The second-order valence-electron chi connectivity index (χ2n) is 8.57. The van der Waals surface area contributed by atoms with Gasteiger partial charge in [-0.25, -0.2) is 9.69 Å². The van der Waals surface area contributed by atoms with Crippen LogP contribution in [0.25, 0.3) is 10.9 Å². The van der Waals surface area contributed by atoms with Crippen molar-refractivity contribution in [3.8, 4) is 0 Å². The first-order chi connectivity index (χ1) is 16.8. The number of hydrogen-bond donors (Lipinski definition) is 1. The summed E-state index contributed by atoms with van der Waals surface area (Å²) in [6.45, 7) is 5.13. The Morgan fingerprint density at radius 3 is 2.34 bits per heavy atom. The largest absolute Gasteiger partial charge is 0.451 e. The molecule has 0 saturated carbocycles. The van der Waals surface area contributed by atoms with E-state index in [-0.39, 0.29) is 22.5 Å². The predicted molar refractivity (Wildman–Crippen MR) is 131 cm³/mol. The van der Waals surface area contributed by atoms with Crippen molar-refractivity contribution in [3.05, 3.63) is 100 Å². The number of nitrogens with one attached hydrogen (secondary N) is 1. The van der Waals surface area contributed by atoms with E-state index in [1.807, 2.05) is 43.3 Å². The van der Waals surface area contributed by atoms with Crippen LogP contribution in [0.5, 0.6) is 0 Å². The second kappa shape index (κ2) is 8.36. The van der Waals surface area contributed by atoms with Crippen molar-refractivity contribution in [2.75, 3.05) is 4.90 Å². The van der Waals surface area contributed by atoms with Crippen molar-refractivity contribution in [1.29, 1.82) is 0 Å². The number of anilines is 1. The number of carbonyl (C=O) groups is 4. The molecule has 1 unspecified atom stereocenters. The highest BCUT2D eigenvalue weighted by Gasteiger charge is 2.38. The Balaban J connectivity index is 1.39. The van der Waals surface area contributed by atoms with E-state index in [1.165, 1.54) is 25.1 Å². The number of nitrogens with zero attached hydrogens (tertiary/aromatic N) is 1. The first-order valence-corrected chi connectivity index (χ1v) is 11.2. The Labute approximate surface area is 201 Å². The van der Waals surface area contributed by atoms with Gasteiger partial charge in [0.25, 0.3) is 11.8 Å². The minimum absolute atomic E-state index is 0.0897. The summed E-state index contributed by atoms with van der Waals surface area (Å²) in [5, 5.41) is 0.760. The molecule has 3 aromatic carbocycles. The van der Waals surface area contributed by atoms with Gasteiger partial charge in [0.05, 0.1) is 22.4 Å². The number of Topliss-reactive ketones (excluding diaryl/α,β-unsaturated/α-hetero) is 1. The molecule has 35 heavy (non-hydrogen) atoms. The summed E-state index contributed by atoms with van der Waals surface area (Å²) in [6.07, 6.45) is -1.05. The van der Waals surface area contributed by atoms with Gasteiger partial charge in [-0.05, 0) is 56.7 Å². The molecule has 2 heterocycles. The molecule has 7 heteroatoms. The summed E-state index contributed by atoms with van der Waals surface area (Å²) in [4.78, 5) is 56.3. The monoisotopic (exact) mass is 466 g/mol. The fourth-order valence-electron chi connectivity index (χ4n) is 4.48. The number of amides is 2. The molecule has 0 fully saturated rings. The Bertz CT molecular complexity index is 1550. The minimum Gasteiger partial charge on any atom is -0.451 e. The number of para-hydroxylation sites is 2. The average molecular weight is 466 g/mol. The number of rotatable bonds is 5. The van der Waals surface area contributed by atoms with Gasteiger partial charge >= 0.3 is 5.97 Å². The molecular formula is C28H22N2O5. The first kappa shape index (κ1) is 22.3. The highest BCUT2D eigenvalue weighted by atomic mass is 16.5. The summed E-state index contributed by atoms with van der Waals surface area (Å²) < 4.78 is 5.47. The lowest BCUT2D eigenvalue weighted by Crippen LogP contribution is -2.30. The average Bonchev–Trinajstić information content (AvgIpc) is 3.31. The Morgan fingerprint density at radius 2 is 1.57 bits per heavy atom. The minimum atomic E-state index is -1.05. The quantitative estimate of drug-likeness (QED) is 0.253. The van der Waals surface area contributed by atoms with E-state index in [2.05, 4.69) is 4.98 Å². The molecular weight excluding hydrogens is 444 g/mol. The first-order valence-electron chi connectivity index (χ1n) is 11.2. The number of aromatic amines is 1. The summed E-state index contributed by atoms with van der Waals surface area (Å²) in [6, 6.07) is 18.7. The van der Waals surface area contributed by atoms with Crippen molar-refractivity contribution >= 4 is 40.2 Å². The molecule has 1 aliphatic rings. The standard InChI is InChI=1S/C28H22N2O5/c1-15-8-4-7-11-23(15)30-26(32)19-13-12-18(14-21(19)27(30)33)28(34)35-17(3)25(31)24-16(2)29-22-10-6-5-9-20(22)24/h4-14,17,29H,1-3H3. The molecule has 0 radical (unpaired) electrons. The number of hydrogen-bond acceptors (Lipinski definition) is 5. The number of aromatic nitrogens is 1. The maximum Gasteiger partial charge on any atom is 0.338 e. The number of aryl methyl sites for hydroxylation is 2. The molecule has 1 atom stereocenters. The van der Waals surface area contributed by atoms with Crippen LogP contribution < -0.4 is 4.90 Å². The van der Waals surface area contributed by atoms with Crippen molar-refractivity contribution < 1.29 is 23.9 Å². The number of imide groups is 1. The molecule has 0 spiro atoms. The number of fused-ring (bicyclic) bond motifs is 2. The molecule has 1 aliphatic heterocycles.